The van der Waals surface area contributed by atoms with Crippen LogP contribution in [0.25, 0.3) is 0 Å². The van der Waals surface area contributed by atoms with Crippen LogP contribution in [0, 0.1) is 0 Å². The molecule has 0 aliphatic carbocycles. The number of carbonyl (C=O) groups excluding carboxylic acids is 2. The largest absolute Gasteiger partial charge is 0.372 e. The molecule has 0 spiro atoms. The number of rotatable bonds is 7. The van der Waals surface area contributed by atoms with Crippen LogP contribution in [-0.4, -0.2) is 47.8 Å². The lowest BCUT2D eigenvalue weighted by Gasteiger charge is -2.35. The summed E-state index contributed by atoms with van der Waals surface area (Å²) in [5, 5.41) is 2.95. The molecule has 1 aliphatic heterocycles. The van der Waals surface area contributed by atoms with Gasteiger partial charge in [-0.3, -0.25) is 9.59 Å². The molecule has 6 heteroatoms. The van der Waals surface area contributed by atoms with E-state index in [0.717, 1.165) is 17.1 Å². The van der Waals surface area contributed by atoms with Gasteiger partial charge in [-0.2, -0.15) is 11.8 Å². The normalized spacial score (nSPS) is 18.8. The summed E-state index contributed by atoms with van der Waals surface area (Å²) in [6.07, 6.45) is 0.0956. The van der Waals surface area contributed by atoms with Gasteiger partial charge < -0.3 is 15.0 Å². The van der Waals surface area contributed by atoms with E-state index in [2.05, 4.69) is 12.2 Å². The zero-order valence-electron chi connectivity index (χ0n) is 17.9. The van der Waals surface area contributed by atoms with Crippen molar-refractivity contribution in [3.05, 3.63) is 70.8 Å². The molecule has 0 aromatic heterocycles. The molecular weight excluding hydrogens is 396 g/mol. The number of hydrogen-bond donors (Lipinski definition) is 1. The number of hydrogen-bond acceptors (Lipinski definition) is 4. The summed E-state index contributed by atoms with van der Waals surface area (Å²) in [6.45, 7) is 7.75. The Bertz CT molecular complexity index is 842. The van der Waals surface area contributed by atoms with Crippen molar-refractivity contribution in [3.8, 4) is 0 Å². The lowest BCUT2D eigenvalue weighted by atomic mass is 10.1. The summed E-state index contributed by atoms with van der Waals surface area (Å²) in [6, 6.07) is 15.2. The van der Waals surface area contributed by atoms with Crippen LogP contribution >= 0.6 is 11.8 Å². The van der Waals surface area contributed by atoms with Crippen LogP contribution in [0.3, 0.4) is 0 Å². The summed E-state index contributed by atoms with van der Waals surface area (Å²) in [7, 11) is 0. The number of carbonyl (C=O) groups is 2. The summed E-state index contributed by atoms with van der Waals surface area (Å²) < 4.78 is 5.70. The average molecular weight is 427 g/mol. The summed E-state index contributed by atoms with van der Waals surface area (Å²) >= 11 is 1.86. The van der Waals surface area contributed by atoms with Crippen molar-refractivity contribution in [2.24, 2.45) is 0 Å². The minimum atomic E-state index is -0.0962. The van der Waals surface area contributed by atoms with E-state index >= 15 is 0 Å². The molecule has 30 heavy (non-hydrogen) atoms. The third-order valence-corrected chi connectivity index (χ3v) is 6.00. The average Bonchev–Trinajstić information content (AvgIpc) is 2.75. The quantitative estimate of drug-likeness (QED) is 0.724. The number of nitrogens with one attached hydrogen (secondary N) is 1. The van der Waals surface area contributed by atoms with Gasteiger partial charge >= 0.3 is 0 Å². The minimum Gasteiger partial charge on any atom is -0.372 e. The second kappa shape index (κ2) is 10.6. The van der Waals surface area contributed by atoms with Crippen LogP contribution in [0.2, 0.25) is 0 Å². The first-order valence-corrected chi connectivity index (χ1v) is 11.6. The zero-order valence-corrected chi connectivity index (χ0v) is 18.7. The number of benzene rings is 2. The highest BCUT2D eigenvalue weighted by atomic mass is 32.2. The second-order valence-corrected chi connectivity index (χ2v) is 8.96. The van der Waals surface area contributed by atoms with Gasteiger partial charge in [-0.25, -0.2) is 0 Å². The van der Waals surface area contributed by atoms with Gasteiger partial charge in [0.2, 0.25) is 0 Å². The Morgan fingerprint density at radius 1 is 0.967 bits per heavy atom. The van der Waals surface area contributed by atoms with E-state index < -0.39 is 0 Å². The molecule has 1 aliphatic rings. The third kappa shape index (κ3) is 6.09. The highest BCUT2D eigenvalue weighted by Gasteiger charge is 2.26. The minimum absolute atomic E-state index is 0.0221. The van der Waals surface area contributed by atoms with Crippen molar-refractivity contribution < 1.29 is 14.3 Å². The maximum absolute atomic E-state index is 12.7. The first-order valence-electron chi connectivity index (χ1n) is 10.4. The first kappa shape index (κ1) is 22.4. The lowest BCUT2D eigenvalue weighted by molar-refractivity contribution is -0.0586. The number of morpholine rings is 1. The van der Waals surface area contributed by atoms with Crippen molar-refractivity contribution in [1.82, 2.24) is 10.2 Å². The van der Waals surface area contributed by atoms with Gasteiger partial charge in [0, 0.05) is 36.5 Å². The molecule has 2 amide bonds. The monoisotopic (exact) mass is 426 g/mol. The molecule has 1 N–H and O–H groups in total. The van der Waals surface area contributed by atoms with Crippen LogP contribution in [0.15, 0.2) is 48.5 Å². The Kier molecular flexibility index (Phi) is 7.94. The summed E-state index contributed by atoms with van der Waals surface area (Å²) in [5.41, 5.74) is 3.50. The fraction of sp³-hybridized carbons (Fsp3) is 0.417. The van der Waals surface area contributed by atoms with E-state index in [1.54, 1.807) is 0 Å². The zero-order chi connectivity index (χ0) is 21.5. The van der Waals surface area contributed by atoms with Gasteiger partial charge in [-0.05, 0) is 55.0 Å². The fourth-order valence-electron chi connectivity index (χ4n) is 3.55. The van der Waals surface area contributed by atoms with E-state index in [1.807, 2.05) is 79.0 Å². The third-order valence-electron chi connectivity index (χ3n) is 5.05. The van der Waals surface area contributed by atoms with Crippen molar-refractivity contribution in [1.29, 1.82) is 0 Å². The van der Waals surface area contributed by atoms with E-state index in [0.29, 0.717) is 30.8 Å². The van der Waals surface area contributed by atoms with Crippen molar-refractivity contribution in [2.75, 3.05) is 18.8 Å². The molecule has 5 nitrogen and oxygen atoms in total. The predicted molar refractivity (Wildman–Crippen MR) is 122 cm³/mol. The maximum Gasteiger partial charge on any atom is 0.254 e. The maximum atomic E-state index is 12.7. The standard InChI is InChI=1S/C24H30N2O3S/c1-4-30-16-20-7-9-21(10-8-20)23(27)25-13-19-5-11-22(12-6-19)24(28)26-14-17(2)29-18(3)15-26/h5-12,17-18H,4,13-16H2,1-3H3,(H,25,27). The van der Waals surface area contributed by atoms with Crippen LogP contribution in [-0.2, 0) is 17.0 Å². The van der Waals surface area contributed by atoms with E-state index in [9.17, 15) is 9.59 Å². The molecule has 1 fully saturated rings. The van der Waals surface area contributed by atoms with Gasteiger partial charge in [-0.1, -0.05) is 31.2 Å². The smallest absolute Gasteiger partial charge is 0.254 e. The molecular formula is C24H30N2O3S. The molecule has 2 atom stereocenters. The Labute approximate surface area is 183 Å². The molecule has 3 rings (SSSR count). The highest BCUT2D eigenvalue weighted by molar-refractivity contribution is 7.98. The van der Waals surface area contributed by atoms with E-state index in [1.165, 1.54) is 5.56 Å². The summed E-state index contributed by atoms with van der Waals surface area (Å²) in [5.74, 6) is 1.97. The molecule has 2 unspecified atom stereocenters. The summed E-state index contributed by atoms with van der Waals surface area (Å²) in [4.78, 5) is 27.0. The van der Waals surface area contributed by atoms with Gasteiger partial charge in [0.1, 0.15) is 0 Å². The molecule has 160 valence electrons. The molecule has 1 saturated heterocycles. The van der Waals surface area contributed by atoms with Crippen molar-refractivity contribution in [3.63, 3.8) is 0 Å². The fourth-order valence-corrected chi connectivity index (χ4v) is 4.18. The Morgan fingerprint density at radius 2 is 1.53 bits per heavy atom. The Hall–Kier alpha value is -2.31. The van der Waals surface area contributed by atoms with Gasteiger partial charge in [0.05, 0.1) is 12.2 Å². The number of thioether (sulfide) groups is 1. The molecule has 2 aromatic rings. The molecule has 1 heterocycles. The molecule has 0 bridgehead atoms. The number of nitrogens with zero attached hydrogens (tertiary/aromatic N) is 1. The predicted octanol–water partition coefficient (Wildman–Crippen LogP) is 4.12. The number of ether oxygens (including phenoxy) is 1. The highest BCUT2D eigenvalue weighted by Crippen LogP contribution is 2.16. The van der Waals surface area contributed by atoms with Crippen LogP contribution < -0.4 is 5.32 Å². The SMILES string of the molecule is CCSCc1ccc(C(=O)NCc2ccc(C(=O)N3CC(C)OC(C)C3)cc2)cc1. The van der Waals surface area contributed by atoms with Crippen LogP contribution in [0.1, 0.15) is 52.6 Å². The van der Waals surface area contributed by atoms with Crippen molar-refractivity contribution in [2.45, 2.75) is 45.3 Å². The van der Waals surface area contributed by atoms with E-state index in [-0.39, 0.29) is 24.0 Å². The Balaban J connectivity index is 1.53. The lowest BCUT2D eigenvalue weighted by Crippen LogP contribution is -2.48. The molecule has 0 saturated carbocycles. The van der Waals surface area contributed by atoms with E-state index in [4.69, 9.17) is 4.74 Å². The number of amides is 2. The van der Waals surface area contributed by atoms with Gasteiger partial charge in [0.25, 0.3) is 11.8 Å². The van der Waals surface area contributed by atoms with Crippen LogP contribution in [0.4, 0.5) is 0 Å². The van der Waals surface area contributed by atoms with Crippen molar-refractivity contribution >= 4 is 23.6 Å². The van der Waals surface area contributed by atoms with Gasteiger partial charge in [-0.15, -0.1) is 0 Å². The Morgan fingerprint density at radius 3 is 2.13 bits per heavy atom. The molecule has 0 radical (unpaired) electrons. The topological polar surface area (TPSA) is 58.6 Å². The van der Waals surface area contributed by atoms with Gasteiger partial charge in [0.15, 0.2) is 0 Å². The van der Waals surface area contributed by atoms with Crippen LogP contribution in [0.5, 0.6) is 0 Å². The first-order chi connectivity index (χ1) is 14.5. The molecule has 2 aromatic carbocycles. The second-order valence-electron chi connectivity index (χ2n) is 7.68.